The van der Waals surface area contributed by atoms with Crippen LogP contribution in [0.2, 0.25) is 0 Å². The lowest BCUT2D eigenvalue weighted by Crippen LogP contribution is -2.06. The van der Waals surface area contributed by atoms with Gasteiger partial charge in [-0.3, -0.25) is 0 Å². The molecule has 40 heavy (non-hydrogen) atoms. The number of hydrogen-bond acceptors (Lipinski definition) is 0. The lowest BCUT2D eigenvalue weighted by Gasteiger charge is -2.18. The fourth-order valence-electron chi connectivity index (χ4n) is 6.47. The molecule has 3 heteroatoms. The molecule has 0 radical (unpaired) electrons. The standard InChI is InChI=1S/C37H27ClN2/c38-28-15-17-29(18-16-28)39-23-22-32-33(39)20-21-35-37(32)36-31-13-6-2-5-10-26(31)14-19-34(36)40(35)30-12-7-11-27(24-30)25-8-3-1-4-9-25/h1,3-17,19-24,29H,2,18H2. The van der Waals surface area contributed by atoms with Crippen molar-refractivity contribution in [2.24, 2.45) is 0 Å². The Balaban J connectivity index is 1.44. The van der Waals surface area contributed by atoms with Crippen molar-refractivity contribution in [3.05, 3.63) is 138 Å². The third-order valence-electron chi connectivity index (χ3n) is 8.32. The molecule has 192 valence electrons. The topological polar surface area (TPSA) is 9.86 Å². The van der Waals surface area contributed by atoms with E-state index in [1.54, 1.807) is 0 Å². The van der Waals surface area contributed by atoms with Gasteiger partial charge in [-0.05, 0) is 77.6 Å². The smallest absolute Gasteiger partial charge is 0.0555 e. The van der Waals surface area contributed by atoms with Gasteiger partial charge < -0.3 is 9.13 Å². The molecular formula is C37H27ClN2. The molecule has 0 fully saturated rings. The van der Waals surface area contributed by atoms with Crippen molar-refractivity contribution in [1.82, 2.24) is 9.13 Å². The van der Waals surface area contributed by atoms with Crippen LogP contribution in [-0.4, -0.2) is 9.13 Å². The molecule has 0 bridgehead atoms. The molecular weight excluding hydrogens is 508 g/mol. The van der Waals surface area contributed by atoms with Crippen LogP contribution in [0.15, 0.2) is 127 Å². The van der Waals surface area contributed by atoms with Crippen LogP contribution in [0.25, 0.3) is 61.7 Å². The van der Waals surface area contributed by atoms with Gasteiger partial charge in [0, 0.05) is 38.6 Å². The van der Waals surface area contributed by atoms with Crippen molar-refractivity contribution >= 4 is 56.5 Å². The average molecular weight is 535 g/mol. The number of fused-ring (bicyclic) bond motifs is 7. The summed E-state index contributed by atoms with van der Waals surface area (Å²) in [6, 6.07) is 31.3. The van der Waals surface area contributed by atoms with E-state index in [0.29, 0.717) is 0 Å². The highest BCUT2D eigenvalue weighted by molar-refractivity contribution is 6.31. The van der Waals surface area contributed by atoms with Crippen LogP contribution < -0.4 is 0 Å². The summed E-state index contributed by atoms with van der Waals surface area (Å²) in [4.78, 5) is 0. The molecule has 0 saturated heterocycles. The zero-order valence-electron chi connectivity index (χ0n) is 22.0. The second-order valence-electron chi connectivity index (χ2n) is 10.6. The third-order valence-corrected chi connectivity index (χ3v) is 8.60. The Morgan fingerprint density at radius 1 is 0.700 bits per heavy atom. The number of benzene rings is 4. The Bertz CT molecular complexity index is 2060. The number of allylic oxidation sites excluding steroid dienone is 6. The van der Waals surface area contributed by atoms with Crippen LogP contribution >= 0.6 is 11.6 Å². The highest BCUT2D eigenvalue weighted by Gasteiger charge is 2.21. The molecule has 0 aliphatic heterocycles. The summed E-state index contributed by atoms with van der Waals surface area (Å²) in [7, 11) is 0. The summed E-state index contributed by atoms with van der Waals surface area (Å²) in [6.45, 7) is 0. The van der Waals surface area contributed by atoms with Gasteiger partial charge in [-0.15, -0.1) is 0 Å². The number of nitrogens with zero attached hydrogens (tertiary/aromatic N) is 2. The van der Waals surface area contributed by atoms with E-state index in [-0.39, 0.29) is 6.04 Å². The molecule has 6 aromatic rings. The monoisotopic (exact) mass is 534 g/mol. The van der Waals surface area contributed by atoms with Gasteiger partial charge in [0.05, 0.1) is 17.1 Å². The fraction of sp³-hybridized carbons (Fsp3) is 0.0811. The quantitative estimate of drug-likeness (QED) is 0.214. The molecule has 1 atom stereocenters. The molecule has 1 unspecified atom stereocenters. The molecule has 2 nitrogen and oxygen atoms in total. The van der Waals surface area contributed by atoms with Crippen LogP contribution in [0.1, 0.15) is 30.0 Å². The molecule has 2 aromatic heterocycles. The van der Waals surface area contributed by atoms with Gasteiger partial charge in [0.15, 0.2) is 0 Å². The summed E-state index contributed by atoms with van der Waals surface area (Å²) < 4.78 is 4.83. The Morgan fingerprint density at radius 2 is 1.50 bits per heavy atom. The first-order valence-electron chi connectivity index (χ1n) is 13.9. The molecule has 2 aliphatic rings. The van der Waals surface area contributed by atoms with Crippen molar-refractivity contribution in [1.29, 1.82) is 0 Å². The lowest BCUT2D eigenvalue weighted by atomic mass is 9.99. The minimum absolute atomic E-state index is 0.258. The molecule has 0 N–H and O–H groups in total. The molecule has 2 heterocycles. The maximum absolute atomic E-state index is 6.25. The predicted molar refractivity (Wildman–Crippen MR) is 171 cm³/mol. The van der Waals surface area contributed by atoms with E-state index in [4.69, 9.17) is 11.6 Å². The van der Waals surface area contributed by atoms with Crippen LogP contribution in [0.4, 0.5) is 0 Å². The highest BCUT2D eigenvalue weighted by atomic mass is 35.5. The zero-order chi connectivity index (χ0) is 26.6. The van der Waals surface area contributed by atoms with E-state index in [0.717, 1.165) is 17.9 Å². The first-order valence-corrected chi connectivity index (χ1v) is 14.3. The molecule has 4 aromatic carbocycles. The fourth-order valence-corrected chi connectivity index (χ4v) is 6.64. The van der Waals surface area contributed by atoms with Gasteiger partial charge >= 0.3 is 0 Å². The van der Waals surface area contributed by atoms with Crippen LogP contribution in [0.5, 0.6) is 0 Å². The molecule has 0 amide bonds. The Kier molecular flexibility index (Phi) is 5.43. The Morgan fingerprint density at radius 3 is 2.38 bits per heavy atom. The minimum Gasteiger partial charge on any atom is -0.340 e. The molecule has 0 spiro atoms. The number of rotatable bonds is 3. The van der Waals surface area contributed by atoms with Crippen molar-refractivity contribution < 1.29 is 0 Å². The van der Waals surface area contributed by atoms with E-state index in [2.05, 4.69) is 137 Å². The summed E-state index contributed by atoms with van der Waals surface area (Å²) in [5.74, 6) is 0. The third kappa shape index (κ3) is 3.64. The molecule has 8 rings (SSSR count). The minimum atomic E-state index is 0.258. The van der Waals surface area contributed by atoms with E-state index in [1.807, 2.05) is 6.08 Å². The number of halogens is 1. The zero-order valence-corrected chi connectivity index (χ0v) is 22.7. The summed E-state index contributed by atoms with van der Waals surface area (Å²) >= 11 is 6.25. The van der Waals surface area contributed by atoms with Crippen molar-refractivity contribution in [3.8, 4) is 16.8 Å². The van der Waals surface area contributed by atoms with E-state index in [9.17, 15) is 0 Å². The lowest BCUT2D eigenvalue weighted by molar-refractivity contribution is 0.628. The van der Waals surface area contributed by atoms with Crippen LogP contribution in [0.3, 0.4) is 0 Å². The predicted octanol–water partition coefficient (Wildman–Crippen LogP) is 10.5. The van der Waals surface area contributed by atoms with E-state index in [1.165, 1.54) is 60.6 Å². The van der Waals surface area contributed by atoms with E-state index >= 15 is 0 Å². The Labute approximate surface area is 238 Å². The first-order chi connectivity index (χ1) is 19.8. The highest BCUT2D eigenvalue weighted by Crippen LogP contribution is 2.42. The largest absolute Gasteiger partial charge is 0.340 e. The normalized spacial score (nSPS) is 16.5. The number of aromatic nitrogens is 2. The SMILES string of the molecule is ClC1=CCC(n2ccc3c4c5c6c(ccc5n(-c5cccc(-c7ccccc7)c5)c4ccc32)C=CCC=C6)C=C1. The molecule has 2 aliphatic carbocycles. The first kappa shape index (κ1) is 23.4. The number of hydrogen-bond donors (Lipinski definition) is 0. The van der Waals surface area contributed by atoms with Gasteiger partial charge in [-0.1, -0.05) is 96.6 Å². The summed E-state index contributed by atoms with van der Waals surface area (Å²) in [6.07, 6.45) is 19.5. The Hall–Kier alpha value is -4.53. The van der Waals surface area contributed by atoms with Gasteiger partial charge in [0.1, 0.15) is 0 Å². The molecule has 0 saturated carbocycles. The van der Waals surface area contributed by atoms with E-state index < -0.39 is 0 Å². The van der Waals surface area contributed by atoms with Gasteiger partial charge in [0.2, 0.25) is 0 Å². The van der Waals surface area contributed by atoms with Crippen molar-refractivity contribution in [2.75, 3.05) is 0 Å². The van der Waals surface area contributed by atoms with Crippen molar-refractivity contribution in [2.45, 2.75) is 18.9 Å². The second-order valence-corrected chi connectivity index (χ2v) is 11.1. The maximum atomic E-state index is 6.25. The maximum Gasteiger partial charge on any atom is 0.0555 e. The van der Waals surface area contributed by atoms with Crippen LogP contribution in [0, 0.1) is 0 Å². The average Bonchev–Trinajstić information content (AvgIpc) is 3.48. The van der Waals surface area contributed by atoms with Crippen molar-refractivity contribution in [3.63, 3.8) is 0 Å². The van der Waals surface area contributed by atoms with Gasteiger partial charge in [-0.25, -0.2) is 0 Å². The van der Waals surface area contributed by atoms with Gasteiger partial charge in [0.25, 0.3) is 0 Å². The van der Waals surface area contributed by atoms with Crippen LogP contribution in [-0.2, 0) is 0 Å². The summed E-state index contributed by atoms with van der Waals surface area (Å²) in [5, 5.41) is 4.72. The second kappa shape index (κ2) is 9.29. The summed E-state index contributed by atoms with van der Waals surface area (Å²) in [5.41, 5.74) is 9.87. The van der Waals surface area contributed by atoms with Gasteiger partial charge in [-0.2, -0.15) is 0 Å².